The molecule has 2 N–H and O–H groups in total. The van der Waals surface area contributed by atoms with Crippen molar-refractivity contribution in [1.82, 2.24) is 5.32 Å². The summed E-state index contributed by atoms with van der Waals surface area (Å²) in [5.74, 6) is 0.944. The van der Waals surface area contributed by atoms with Gasteiger partial charge in [0.2, 0.25) is 5.91 Å². The van der Waals surface area contributed by atoms with Gasteiger partial charge >= 0.3 is 0 Å². The molecule has 84 valence electrons. The lowest BCUT2D eigenvalue weighted by molar-refractivity contribution is -0.116. The van der Waals surface area contributed by atoms with Gasteiger partial charge in [0.25, 0.3) is 0 Å². The average Bonchev–Trinajstić information content (AvgIpc) is 2.23. The van der Waals surface area contributed by atoms with Crippen LogP contribution in [0.2, 0.25) is 0 Å². The summed E-state index contributed by atoms with van der Waals surface area (Å²) < 4.78 is 0. The summed E-state index contributed by atoms with van der Waals surface area (Å²) in [5, 5.41) is 6.21. The molecule has 0 atom stereocenters. The zero-order valence-electron chi connectivity index (χ0n) is 9.25. The Morgan fingerprint density at radius 2 is 2.12 bits per heavy atom. The smallest absolute Gasteiger partial charge is 0.224 e. The fourth-order valence-corrected chi connectivity index (χ4v) is 2.39. The topological polar surface area (TPSA) is 41.1 Å². The maximum Gasteiger partial charge on any atom is 0.224 e. The van der Waals surface area contributed by atoms with Crippen LogP contribution in [0.1, 0.15) is 17.5 Å². The number of carbonyl (C=O) groups is 1. The summed E-state index contributed by atoms with van der Waals surface area (Å²) in [4.78, 5) is 11.2. The van der Waals surface area contributed by atoms with E-state index in [-0.39, 0.29) is 5.91 Å². The van der Waals surface area contributed by atoms with Crippen molar-refractivity contribution in [2.24, 2.45) is 5.92 Å². The van der Waals surface area contributed by atoms with Gasteiger partial charge in [-0.2, -0.15) is 0 Å². The summed E-state index contributed by atoms with van der Waals surface area (Å²) in [6, 6.07) is 6.45. The molecule has 2 aliphatic rings. The molecule has 2 aliphatic heterocycles. The molecule has 3 nitrogen and oxygen atoms in total. The van der Waals surface area contributed by atoms with Crippen molar-refractivity contribution < 1.29 is 4.79 Å². The largest absolute Gasteiger partial charge is 0.326 e. The molecule has 3 rings (SSSR count). The second-order valence-electron chi connectivity index (χ2n) is 4.77. The van der Waals surface area contributed by atoms with Crippen LogP contribution in [-0.4, -0.2) is 19.0 Å². The predicted molar refractivity (Wildman–Crippen MR) is 63.5 cm³/mol. The van der Waals surface area contributed by atoms with E-state index in [1.54, 1.807) is 0 Å². The molecule has 0 spiro atoms. The number of aryl methyl sites for hydroxylation is 1. The Hall–Kier alpha value is -1.35. The second-order valence-corrected chi connectivity index (χ2v) is 4.77. The van der Waals surface area contributed by atoms with E-state index in [2.05, 4.69) is 22.8 Å². The van der Waals surface area contributed by atoms with Crippen molar-refractivity contribution in [3.63, 3.8) is 0 Å². The number of carbonyl (C=O) groups excluding carboxylic acids is 1. The molecule has 3 heteroatoms. The van der Waals surface area contributed by atoms with Crippen LogP contribution in [0.3, 0.4) is 0 Å². The third kappa shape index (κ3) is 1.83. The summed E-state index contributed by atoms with van der Waals surface area (Å²) in [5.41, 5.74) is 3.71. The lowest BCUT2D eigenvalue weighted by Crippen LogP contribution is -2.43. The van der Waals surface area contributed by atoms with Crippen molar-refractivity contribution in [3.05, 3.63) is 29.3 Å². The highest BCUT2D eigenvalue weighted by Crippen LogP contribution is 2.25. The number of fused-ring (bicyclic) bond motifs is 1. The maximum atomic E-state index is 11.2. The Morgan fingerprint density at radius 1 is 1.25 bits per heavy atom. The van der Waals surface area contributed by atoms with Crippen LogP contribution in [0.4, 0.5) is 5.69 Å². The van der Waals surface area contributed by atoms with E-state index < -0.39 is 0 Å². The van der Waals surface area contributed by atoms with Gasteiger partial charge in [-0.1, -0.05) is 12.1 Å². The van der Waals surface area contributed by atoms with Crippen molar-refractivity contribution in [1.29, 1.82) is 0 Å². The Labute approximate surface area is 95.2 Å². The van der Waals surface area contributed by atoms with E-state index in [9.17, 15) is 4.79 Å². The first-order valence-corrected chi connectivity index (χ1v) is 5.93. The van der Waals surface area contributed by atoms with Crippen molar-refractivity contribution in [2.75, 3.05) is 18.4 Å². The van der Waals surface area contributed by atoms with Crippen LogP contribution >= 0.6 is 0 Å². The molecule has 2 heterocycles. The highest BCUT2D eigenvalue weighted by atomic mass is 16.1. The Bertz CT molecular complexity index is 424. The first-order valence-electron chi connectivity index (χ1n) is 5.93. The number of nitrogens with one attached hydrogen (secondary N) is 2. The molecule has 1 saturated heterocycles. The molecule has 16 heavy (non-hydrogen) atoms. The Kier molecular flexibility index (Phi) is 2.40. The van der Waals surface area contributed by atoms with Gasteiger partial charge in [-0.3, -0.25) is 4.79 Å². The summed E-state index contributed by atoms with van der Waals surface area (Å²) in [7, 11) is 0. The minimum Gasteiger partial charge on any atom is -0.326 e. The number of rotatable bonds is 2. The SMILES string of the molecule is O=C1CCc2cc(CC3CNC3)ccc2N1. The quantitative estimate of drug-likeness (QED) is 0.783. The third-order valence-electron chi connectivity index (χ3n) is 3.46. The van der Waals surface area contributed by atoms with E-state index >= 15 is 0 Å². The molecular formula is C13H16N2O. The molecule has 0 unspecified atom stereocenters. The molecule has 0 radical (unpaired) electrons. The Morgan fingerprint density at radius 3 is 2.88 bits per heavy atom. The first kappa shape index (κ1) is 9.85. The number of anilines is 1. The number of hydrogen-bond donors (Lipinski definition) is 2. The van der Waals surface area contributed by atoms with Crippen LogP contribution < -0.4 is 10.6 Å². The van der Waals surface area contributed by atoms with Crippen LogP contribution in [0.5, 0.6) is 0 Å². The molecule has 0 aromatic heterocycles. The van der Waals surface area contributed by atoms with E-state index in [4.69, 9.17) is 0 Å². The van der Waals surface area contributed by atoms with Gasteiger partial charge in [-0.05, 0) is 49.0 Å². The minimum absolute atomic E-state index is 0.142. The molecule has 0 aliphatic carbocycles. The average molecular weight is 216 g/mol. The highest BCUT2D eigenvalue weighted by Gasteiger charge is 2.19. The summed E-state index contributed by atoms with van der Waals surface area (Å²) in [6.45, 7) is 2.29. The van der Waals surface area contributed by atoms with Crippen molar-refractivity contribution in [3.8, 4) is 0 Å². The van der Waals surface area contributed by atoms with E-state index in [0.717, 1.165) is 37.5 Å². The van der Waals surface area contributed by atoms with Gasteiger partial charge < -0.3 is 10.6 Å². The van der Waals surface area contributed by atoms with Crippen molar-refractivity contribution in [2.45, 2.75) is 19.3 Å². The lowest BCUT2D eigenvalue weighted by atomic mass is 9.92. The zero-order valence-corrected chi connectivity index (χ0v) is 9.25. The predicted octanol–water partition coefficient (Wildman–Crippen LogP) is 1.33. The van der Waals surface area contributed by atoms with E-state index in [0.29, 0.717) is 6.42 Å². The highest BCUT2D eigenvalue weighted by molar-refractivity contribution is 5.93. The van der Waals surface area contributed by atoms with E-state index in [1.807, 2.05) is 6.07 Å². The number of amides is 1. The third-order valence-corrected chi connectivity index (χ3v) is 3.46. The molecular weight excluding hydrogens is 200 g/mol. The van der Waals surface area contributed by atoms with E-state index in [1.165, 1.54) is 11.1 Å². The molecule has 0 bridgehead atoms. The van der Waals surface area contributed by atoms with Crippen LogP contribution in [0.25, 0.3) is 0 Å². The lowest BCUT2D eigenvalue weighted by Gasteiger charge is -2.27. The fourth-order valence-electron chi connectivity index (χ4n) is 2.39. The zero-order chi connectivity index (χ0) is 11.0. The summed E-state index contributed by atoms with van der Waals surface area (Å²) in [6.07, 6.45) is 2.67. The van der Waals surface area contributed by atoms with Gasteiger partial charge in [-0.25, -0.2) is 0 Å². The molecule has 1 amide bonds. The maximum absolute atomic E-state index is 11.2. The first-order chi connectivity index (χ1) is 7.81. The number of hydrogen-bond acceptors (Lipinski definition) is 2. The van der Waals surface area contributed by atoms with Gasteiger partial charge in [0.05, 0.1) is 0 Å². The van der Waals surface area contributed by atoms with Crippen LogP contribution in [-0.2, 0) is 17.6 Å². The van der Waals surface area contributed by atoms with Gasteiger partial charge in [0, 0.05) is 12.1 Å². The van der Waals surface area contributed by atoms with Gasteiger partial charge in [0.1, 0.15) is 0 Å². The number of benzene rings is 1. The molecule has 1 fully saturated rings. The minimum atomic E-state index is 0.142. The molecule has 1 aromatic rings. The van der Waals surface area contributed by atoms with Gasteiger partial charge in [-0.15, -0.1) is 0 Å². The van der Waals surface area contributed by atoms with Gasteiger partial charge in [0.15, 0.2) is 0 Å². The monoisotopic (exact) mass is 216 g/mol. The second kappa shape index (κ2) is 3.91. The van der Waals surface area contributed by atoms with Crippen LogP contribution in [0.15, 0.2) is 18.2 Å². The summed E-state index contributed by atoms with van der Waals surface area (Å²) >= 11 is 0. The Balaban J connectivity index is 1.78. The normalized spacial score (nSPS) is 19.9. The van der Waals surface area contributed by atoms with Crippen molar-refractivity contribution >= 4 is 11.6 Å². The molecule has 1 aromatic carbocycles. The standard InChI is InChI=1S/C13H16N2O/c16-13-4-2-11-6-9(1-3-12(11)15-13)5-10-7-14-8-10/h1,3,6,10,14H,2,4-5,7-8H2,(H,15,16). The molecule has 0 saturated carbocycles. The fraction of sp³-hybridized carbons (Fsp3) is 0.462. The van der Waals surface area contributed by atoms with Crippen LogP contribution in [0, 0.1) is 5.92 Å².